The Morgan fingerprint density at radius 1 is 0.968 bits per heavy atom. The summed E-state index contributed by atoms with van der Waals surface area (Å²) in [6.45, 7) is 2.82. The van der Waals surface area contributed by atoms with E-state index in [-0.39, 0.29) is 11.6 Å². The summed E-state index contributed by atoms with van der Waals surface area (Å²) >= 11 is 0. The molecule has 0 bridgehead atoms. The molecule has 0 saturated carbocycles. The number of carboxylic acids is 1. The zero-order valence-corrected chi connectivity index (χ0v) is 17.6. The van der Waals surface area contributed by atoms with Crippen molar-refractivity contribution in [2.75, 3.05) is 7.11 Å². The number of aromatic carboxylic acids is 1. The van der Waals surface area contributed by atoms with Crippen LogP contribution in [0.25, 0.3) is 21.9 Å². The molecule has 31 heavy (non-hydrogen) atoms. The van der Waals surface area contributed by atoms with Crippen LogP contribution in [0.3, 0.4) is 0 Å². The molecule has 4 aromatic carbocycles. The van der Waals surface area contributed by atoms with E-state index in [4.69, 9.17) is 4.74 Å². The van der Waals surface area contributed by atoms with E-state index in [1.54, 1.807) is 25.3 Å². The second kappa shape index (κ2) is 9.02. The van der Waals surface area contributed by atoms with Gasteiger partial charge >= 0.3 is 5.97 Å². The van der Waals surface area contributed by atoms with E-state index in [2.05, 4.69) is 42.6 Å². The van der Waals surface area contributed by atoms with Gasteiger partial charge in [0.05, 0.1) is 12.7 Å². The number of nitrogens with one attached hydrogen (secondary N) is 1. The Hall–Kier alpha value is -3.63. The van der Waals surface area contributed by atoms with Gasteiger partial charge in [-0.05, 0) is 76.3 Å². The summed E-state index contributed by atoms with van der Waals surface area (Å²) in [6, 6.07) is 27.9. The molecule has 0 radical (unpaired) electrons. The van der Waals surface area contributed by atoms with Crippen molar-refractivity contribution in [1.29, 1.82) is 0 Å². The fraction of sp³-hybridized carbons (Fsp3) is 0.148. The fourth-order valence-corrected chi connectivity index (χ4v) is 3.83. The molecule has 0 heterocycles. The summed E-state index contributed by atoms with van der Waals surface area (Å²) in [6.07, 6.45) is 0. The van der Waals surface area contributed by atoms with Crippen LogP contribution in [0.1, 0.15) is 34.5 Å². The Kier molecular flexibility index (Phi) is 6.01. The Morgan fingerprint density at radius 3 is 2.58 bits per heavy atom. The number of rotatable bonds is 7. The molecule has 2 N–H and O–H groups in total. The van der Waals surface area contributed by atoms with Crippen LogP contribution in [0.5, 0.6) is 5.75 Å². The number of hydrogen-bond donors (Lipinski definition) is 2. The van der Waals surface area contributed by atoms with Crippen molar-refractivity contribution in [3.63, 3.8) is 0 Å². The summed E-state index contributed by atoms with van der Waals surface area (Å²) < 4.78 is 5.34. The molecular weight excluding hydrogens is 386 g/mol. The summed E-state index contributed by atoms with van der Waals surface area (Å²) in [7, 11) is 1.67. The zero-order chi connectivity index (χ0) is 21.8. The van der Waals surface area contributed by atoms with Crippen LogP contribution >= 0.6 is 0 Å². The summed E-state index contributed by atoms with van der Waals surface area (Å²) in [5, 5.41) is 15.2. The molecule has 0 saturated heterocycles. The van der Waals surface area contributed by atoms with Crippen molar-refractivity contribution < 1.29 is 14.6 Å². The van der Waals surface area contributed by atoms with Crippen molar-refractivity contribution in [3.8, 4) is 16.9 Å². The minimum atomic E-state index is -0.920. The third kappa shape index (κ3) is 4.60. The minimum Gasteiger partial charge on any atom is -0.497 e. The van der Waals surface area contributed by atoms with Gasteiger partial charge in [-0.3, -0.25) is 0 Å². The lowest BCUT2D eigenvalue weighted by Crippen LogP contribution is -2.18. The standard InChI is InChI=1S/C27H25NO3/c1-18(20-8-6-11-24(16-20)31-2)28-17-19-13-21-7-3-4-12-25(21)26(14-19)22-9-5-10-23(15-22)27(29)30/h3-16,18,28H,17H2,1-2H3,(H,29,30). The number of carbonyl (C=O) groups is 1. The van der Waals surface area contributed by atoms with Crippen molar-refractivity contribution in [1.82, 2.24) is 5.32 Å². The smallest absolute Gasteiger partial charge is 0.335 e. The fourth-order valence-electron chi connectivity index (χ4n) is 3.83. The Bertz CT molecular complexity index is 1230. The van der Waals surface area contributed by atoms with Crippen LogP contribution in [-0.4, -0.2) is 18.2 Å². The zero-order valence-electron chi connectivity index (χ0n) is 17.6. The van der Waals surface area contributed by atoms with Crippen molar-refractivity contribution in [3.05, 3.63) is 102 Å². The molecule has 0 aromatic heterocycles. The Labute approximate surface area is 182 Å². The highest BCUT2D eigenvalue weighted by Gasteiger charge is 2.11. The van der Waals surface area contributed by atoms with E-state index in [1.807, 2.05) is 36.4 Å². The van der Waals surface area contributed by atoms with Gasteiger partial charge in [-0.2, -0.15) is 0 Å². The summed E-state index contributed by atoms with van der Waals surface area (Å²) in [4.78, 5) is 11.5. The maximum absolute atomic E-state index is 11.5. The number of hydrogen-bond acceptors (Lipinski definition) is 3. The van der Waals surface area contributed by atoms with Crippen LogP contribution in [0.4, 0.5) is 0 Å². The van der Waals surface area contributed by atoms with Crippen LogP contribution in [0.15, 0.2) is 84.9 Å². The van der Waals surface area contributed by atoms with Crippen molar-refractivity contribution >= 4 is 16.7 Å². The van der Waals surface area contributed by atoms with Crippen LogP contribution < -0.4 is 10.1 Å². The van der Waals surface area contributed by atoms with Gasteiger partial charge in [0.1, 0.15) is 5.75 Å². The van der Waals surface area contributed by atoms with E-state index in [0.717, 1.165) is 38.8 Å². The van der Waals surface area contributed by atoms with Gasteiger partial charge in [0.2, 0.25) is 0 Å². The molecule has 1 unspecified atom stereocenters. The molecule has 4 nitrogen and oxygen atoms in total. The average molecular weight is 412 g/mol. The Morgan fingerprint density at radius 2 is 1.77 bits per heavy atom. The van der Waals surface area contributed by atoms with E-state index in [9.17, 15) is 9.90 Å². The lowest BCUT2D eigenvalue weighted by atomic mass is 9.94. The molecule has 4 heteroatoms. The van der Waals surface area contributed by atoms with Crippen LogP contribution in [-0.2, 0) is 6.54 Å². The second-order valence-corrected chi connectivity index (χ2v) is 7.63. The minimum absolute atomic E-state index is 0.153. The Balaban J connectivity index is 1.66. The SMILES string of the molecule is COc1cccc(C(C)NCc2cc(-c3cccc(C(=O)O)c3)c3ccccc3c2)c1. The van der Waals surface area contributed by atoms with E-state index >= 15 is 0 Å². The topological polar surface area (TPSA) is 58.6 Å². The van der Waals surface area contributed by atoms with Gasteiger partial charge in [0.25, 0.3) is 0 Å². The predicted octanol–water partition coefficient (Wildman–Crippen LogP) is 6.06. The van der Waals surface area contributed by atoms with Crippen molar-refractivity contribution in [2.24, 2.45) is 0 Å². The van der Waals surface area contributed by atoms with Gasteiger partial charge in [-0.1, -0.05) is 48.5 Å². The van der Waals surface area contributed by atoms with Gasteiger partial charge in [-0.25, -0.2) is 4.79 Å². The third-order valence-electron chi connectivity index (χ3n) is 5.55. The van der Waals surface area contributed by atoms with E-state index in [1.165, 1.54) is 0 Å². The molecule has 156 valence electrons. The van der Waals surface area contributed by atoms with Gasteiger partial charge in [-0.15, -0.1) is 0 Å². The van der Waals surface area contributed by atoms with E-state index < -0.39 is 5.97 Å². The van der Waals surface area contributed by atoms with Crippen LogP contribution in [0.2, 0.25) is 0 Å². The third-order valence-corrected chi connectivity index (χ3v) is 5.55. The lowest BCUT2D eigenvalue weighted by Gasteiger charge is -2.17. The first-order valence-electron chi connectivity index (χ1n) is 10.3. The maximum atomic E-state index is 11.5. The first-order valence-corrected chi connectivity index (χ1v) is 10.3. The molecular formula is C27H25NO3. The normalized spacial score (nSPS) is 11.9. The first-order chi connectivity index (χ1) is 15.0. The highest BCUT2D eigenvalue weighted by Crippen LogP contribution is 2.31. The maximum Gasteiger partial charge on any atom is 0.335 e. The van der Waals surface area contributed by atoms with Crippen LogP contribution in [0, 0.1) is 0 Å². The number of fused-ring (bicyclic) bond motifs is 1. The molecule has 1 atom stereocenters. The van der Waals surface area contributed by atoms with Gasteiger partial charge in [0, 0.05) is 12.6 Å². The largest absolute Gasteiger partial charge is 0.497 e. The molecule has 0 spiro atoms. The number of carboxylic acid groups (broad SMARTS) is 1. The molecule has 0 amide bonds. The number of methoxy groups -OCH3 is 1. The first kappa shape index (κ1) is 20.6. The number of benzene rings is 4. The highest BCUT2D eigenvalue weighted by molar-refractivity contribution is 5.98. The summed E-state index contributed by atoms with van der Waals surface area (Å²) in [5.41, 5.74) is 4.53. The molecule has 0 aliphatic rings. The molecule has 4 aromatic rings. The average Bonchev–Trinajstić information content (AvgIpc) is 2.82. The molecule has 4 rings (SSSR count). The molecule has 0 fully saturated rings. The van der Waals surface area contributed by atoms with E-state index in [0.29, 0.717) is 6.54 Å². The van der Waals surface area contributed by atoms with Gasteiger partial charge < -0.3 is 15.2 Å². The number of ether oxygens (including phenoxy) is 1. The van der Waals surface area contributed by atoms with Gasteiger partial charge in [0.15, 0.2) is 0 Å². The highest BCUT2D eigenvalue weighted by atomic mass is 16.5. The lowest BCUT2D eigenvalue weighted by molar-refractivity contribution is 0.0697. The predicted molar refractivity (Wildman–Crippen MR) is 125 cm³/mol. The quantitative estimate of drug-likeness (QED) is 0.388. The molecule has 0 aliphatic heterocycles. The second-order valence-electron chi connectivity index (χ2n) is 7.63. The van der Waals surface area contributed by atoms with Crippen molar-refractivity contribution in [2.45, 2.75) is 19.5 Å². The monoisotopic (exact) mass is 411 g/mol. The molecule has 0 aliphatic carbocycles. The summed E-state index contributed by atoms with van der Waals surface area (Å²) in [5.74, 6) is -0.0754.